The maximum absolute atomic E-state index is 12.7. The van der Waals surface area contributed by atoms with E-state index in [-0.39, 0.29) is 19.0 Å². The van der Waals surface area contributed by atoms with Crippen molar-refractivity contribution in [3.05, 3.63) is 18.2 Å². The van der Waals surface area contributed by atoms with E-state index in [4.69, 9.17) is 9.47 Å². The topological polar surface area (TPSA) is 68.6 Å². The molecule has 1 saturated heterocycles. The molecule has 1 N–H and O–H groups in total. The van der Waals surface area contributed by atoms with Crippen LogP contribution >= 0.6 is 0 Å². The van der Waals surface area contributed by atoms with Crippen LogP contribution in [-0.2, 0) is 4.74 Å². The number of hydrogen-bond donors (Lipinski definition) is 1. The van der Waals surface area contributed by atoms with Gasteiger partial charge in [0.05, 0.1) is 37.3 Å². The largest absolute Gasteiger partial charge is 0.468 e. The number of carbonyl (C=O) groups is 1. The summed E-state index contributed by atoms with van der Waals surface area (Å²) in [5.41, 5.74) is 2.14. The minimum Gasteiger partial charge on any atom is -0.468 e. The van der Waals surface area contributed by atoms with Crippen LogP contribution in [0.3, 0.4) is 0 Å². The highest BCUT2D eigenvalue weighted by molar-refractivity contribution is 5.92. The summed E-state index contributed by atoms with van der Waals surface area (Å²) < 4.78 is 49.9. The Balaban J connectivity index is 1.48. The molecule has 1 aliphatic heterocycles. The number of methoxy groups -OCH3 is 1. The summed E-state index contributed by atoms with van der Waals surface area (Å²) in [6.45, 7) is 2.96. The summed E-state index contributed by atoms with van der Waals surface area (Å²) >= 11 is 0. The Hall–Kier alpha value is -2.49. The van der Waals surface area contributed by atoms with Crippen molar-refractivity contribution in [2.75, 3.05) is 44.9 Å². The molecule has 1 saturated carbocycles. The average Bonchev–Trinajstić information content (AvgIpc) is 3.40. The molecule has 2 atom stereocenters. The van der Waals surface area contributed by atoms with Gasteiger partial charge in [0.2, 0.25) is 0 Å². The van der Waals surface area contributed by atoms with Crippen LogP contribution in [-0.4, -0.2) is 61.7 Å². The summed E-state index contributed by atoms with van der Waals surface area (Å²) in [7, 11) is 1.42. The maximum atomic E-state index is 12.7. The molecule has 2 aromatic rings. The number of nitrogens with one attached hydrogen (secondary N) is 1. The van der Waals surface area contributed by atoms with Crippen LogP contribution in [0.15, 0.2) is 18.2 Å². The number of hydrogen-bond acceptors (Lipinski definition) is 5. The number of carbonyl (C=O) groups excluding carboxylic acids is 1. The lowest BCUT2D eigenvalue weighted by molar-refractivity contribution is -0.151. The van der Waals surface area contributed by atoms with Crippen molar-refractivity contribution in [2.45, 2.75) is 19.0 Å². The van der Waals surface area contributed by atoms with Crippen LogP contribution < -0.4 is 15.0 Å². The molecule has 1 aromatic heterocycles. The summed E-state index contributed by atoms with van der Waals surface area (Å²) in [5, 5.41) is 2.70. The first-order chi connectivity index (χ1) is 13.9. The van der Waals surface area contributed by atoms with Gasteiger partial charge in [-0.05, 0) is 37.0 Å². The van der Waals surface area contributed by atoms with E-state index >= 15 is 0 Å². The maximum Gasteiger partial charge on any atom is 0.392 e. The monoisotopic (exact) mass is 412 g/mol. The summed E-state index contributed by atoms with van der Waals surface area (Å²) in [4.78, 5) is 19.2. The number of ether oxygens (including phenoxy) is 2. The van der Waals surface area contributed by atoms with E-state index < -0.39 is 24.0 Å². The first-order valence-electron chi connectivity index (χ1n) is 9.62. The Morgan fingerprint density at radius 1 is 1.34 bits per heavy atom. The molecule has 0 bridgehead atoms. The number of morpholine rings is 1. The average molecular weight is 412 g/mol. The van der Waals surface area contributed by atoms with Gasteiger partial charge < -0.3 is 19.7 Å². The molecule has 2 aliphatic rings. The molecule has 158 valence electrons. The Morgan fingerprint density at radius 2 is 2.10 bits per heavy atom. The molecule has 1 aromatic carbocycles. The first-order valence-corrected chi connectivity index (χ1v) is 9.62. The lowest BCUT2D eigenvalue weighted by Crippen LogP contribution is -2.36. The van der Waals surface area contributed by atoms with Crippen molar-refractivity contribution in [2.24, 2.45) is 11.8 Å². The minimum absolute atomic E-state index is 0.135. The third kappa shape index (κ3) is 4.12. The van der Waals surface area contributed by atoms with Gasteiger partial charge in [-0.1, -0.05) is 0 Å². The van der Waals surface area contributed by atoms with E-state index in [9.17, 15) is 18.0 Å². The van der Waals surface area contributed by atoms with Crippen LogP contribution in [0.2, 0.25) is 0 Å². The Morgan fingerprint density at radius 3 is 2.76 bits per heavy atom. The highest BCUT2D eigenvalue weighted by Gasteiger charge is 2.54. The van der Waals surface area contributed by atoms with Crippen molar-refractivity contribution >= 4 is 22.8 Å². The van der Waals surface area contributed by atoms with E-state index in [2.05, 4.69) is 15.2 Å². The fourth-order valence-corrected chi connectivity index (χ4v) is 3.80. The van der Waals surface area contributed by atoms with Crippen LogP contribution in [0.1, 0.15) is 12.8 Å². The van der Waals surface area contributed by atoms with Gasteiger partial charge in [0.15, 0.2) is 0 Å². The van der Waals surface area contributed by atoms with Gasteiger partial charge in [-0.2, -0.15) is 18.2 Å². The normalized spacial score (nSPS) is 22.0. The summed E-state index contributed by atoms with van der Waals surface area (Å²) in [6, 6.07) is 5.30. The molecular weight excluding hydrogens is 389 g/mol. The van der Waals surface area contributed by atoms with E-state index in [0.29, 0.717) is 30.7 Å². The third-order valence-electron chi connectivity index (χ3n) is 5.50. The van der Waals surface area contributed by atoms with Crippen molar-refractivity contribution in [1.29, 1.82) is 0 Å². The highest BCUT2D eigenvalue weighted by atomic mass is 19.4. The zero-order chi connectivity index (χ0) is 20.6. The molecule has 29 heavy (non-hydrogen) atoms. The number of rotatable bonds is 5. The van der Waals surface area contributed by atoms with Gasteiger partial charge in [0.1, 0.15) is 0 Å². The second-order valence-corrected chi connectivity index (χ2v) is 7.37. The minimum atomic E-state index is -4.14. The van der Waals surface area contributed by atoms with E-state index in [1.807, 2.05) is 18.2 Å². The lowest BCUT2D eigenvalue weighted by Gasteiger charge is -2.28. The van der Waals surface area contributed by atoms with Crippen molar-refractivity contribution in [3.8, 4) is 6.01 Å². The van der Waals surface area contributed by atoms with Crippen LogP contribution in [0, 0.1) is 11.8 Å². The Labute approximate surface area is 165 Å². The SMILES string of the molecule is COc1nc2ccc(N3CCOCC3)cc2n1C(=O)NCCC1CC1C(F)(F)F. The summed E-state index contributed by atoms with van der Waals surface area (Å²) in [6.07, 6.45) is -3.71. The number of alkyl halides is 3. The van der Waals surface area contributed by atoms with Gasteiger partial charge in [-0.3, -0.25) is 0 Å². The predicted octanol–water partition coefficient (Wildman–Crippen LogP) is 3.03. The van der Waals surface area contributed by atoms with E-state index in [1.54, 1.807) is 0 Å². The number of amides is 1. The van der Waals surface area contributed by atoms with Gasteiger partial charge in [0, 0.05) is 25.3 Å². The lowest BCUT2D eigenvalue weighted by atomic mass is 10.2. The number of fused-ring (bicyclic) bond motifs is 1. The molecule has 2 fully saturated rings. The van der Waals surface area contributed by atoms with Crippen LogP contribution in [0.5, 0.6) is 6.01 Å². The Bertz CT molecular complexity index is 893. The quantitative estimate of drug-likeness (QED) is 0.818. The third-order valence-corrected chi connectivity index (χ3v) is 5.50. The fraction of sp³-hybridized carbons (Fsp3) is 0.579. The predicted molar refractivity (Wildman–Crippen MR) is 100 cm³/mol. The molecule has 1 amide bonds. The molecular formula is C19H23F3N4O3. The standard InChI is InChI=1S/C19H23F3N4O3/c1-28-18-24-15-3-2-13(25-6-8-29-9-7-25)11-16(15)26(18)17(27)23-5-4-12-10-14(12)19(20,21)22/h2-3,11-12,14H,4-10H2,1H3,(H,23,27). The van der Waals surface area contributed by atoms with Gasteiger partial charge >= 0.3 is 18.2 Å². The van der Waals surface area contributed by atoms with Crippen molar-refractivity contribution in [3.63, 3.8) is 0 Å². The Kier molecular flexibility index (Phi) is 5.28. The van der Waals surface area contributed by atoms with Gasteiger partial charge in [0.25, 0.3) is 0 Å². The zero-order valence-electron chi connectivity index (χ0n) is 16.0. The van der Waals surface area contributed by atoms with E-state index in [1.165, 1.54) is 11.7 Å². The molecule has 0 radical (unpaired) electrons. The molecule has 2 heterocycles. The van der Waals surface area contributed by atoms with Crippen molar-refractivity contribution in [1.82, 2.24) is 14.9 Å². The smallest absolute Gasteiger partial charge is 0.392 e. The number of imidazole rings is 1. The first kappa shape index (κ1) is 19.8. The van der Waals surface area contributed by atoms with Crippen LogP contribution in [0.4, 0.5) is 23.7 Å². The number of anilines is 1. The number of benzene rings is 1. The second kappa shape index (κ2) is 7.74. The number of nitrogens with zero attached hydrogens (tertiary/aromatic N) is 3. The molecule has 7 nitrogen and oxygen atoms in total. The zero-order valence-corrected chi connectivity index (χ0v) is 16.0. The molecule has 2 unspecified atom stereocenters. The highest BCUT2D eigenvalue weighted by Crippen LogP contribution is 2.51. The number of halogens is 3. The molecule has 1 aliphatic carbocycles. The van der Waals surface area contributed by atoms with Crippen LogP contribution in [0.25, 0.3) is 11.0 Å². The fourth-order valence-electron chi connectivity index (χ4n) is 3.80. The van der Waals surface area contributed by atoms with Gasteiger partial charge in [-0.15, -0.1) is 0 Å². The van der Waals surface area contributed by atoms with E-state index in [0.717, 1.165) is 18.8 Å². The molecule has 4 rings (SSSR count). The molecule has 0 spiro atoms. The molecule has 10 heteroatoms. The second-order valence-electron chi connectivity index (χ2n) is 7.37. The van der Waals surface area contributed by atoms with Crippen molar-refractivity contribution < 1.29 is 27.4 Å². The van der Waals surface area contributed by atoms with Gasteiger partial charge in [-0.25, -0.2) is 9.36 Å². The summed E-state index contributed by atoms with van der Waals surface area (Å²) in [5.74, 6) is -1.65. The number of aromatic nitrogens is 2.